The molecular formula is C28H30F3N7O3. The summed E-state index contributed by atoms with van der Waals surface area (Å²) >= 11 is 0. The molecule has 41 heavy (non-hydrogen) atoms. The van der Waals surface area contributed by atoms with Gasteiger partial charge in [0.05, 0.1) is 18.4 Å². The number of amides is 3. The van der Waals surface area contributed by atoms with Gasteiger partial charge in [-0.3, -0.25) is 19.5 Å². The number of benzene rings is 2. The van der Waals surface area contributed by atoms with Gasteiger partial charge in [0.1, 0.15) is 18.1 Å². The minimum Gasteiger partial charge on any atom is -0.339 e. The van der Waals surface area contributed by atoms with Crippen molar-refractivity contribution in [1.29, 1.82) is 0 Å². The van der Waals surface area contributed by atoms with E-state index in [1.807, 2.05) is 41.3 Å². The molecule has 2 N–H and O–H groups in total. The molecule has 1 aromatic heterocycles. The molecule has 0 bridgehead atoms. The Morgan fingerprint density at radius 2 is 1.78 bits per heavy atom. The lowest BCUT2D eigenvalue weighted by Gasteiger charge is -2.43. The Kier molecular flexibility index (Phi) is 6.84. The number of likely N-dealkylation sites (tertiary alicyclic amines) is 1. The predicted octanol–water partition coefficient (Wildman–Crippen LogP) is 2.21. The van der Waals surface area contributed by atoms with E-state index in [-0.39, 0.29) is 38.1 Å². The summed E-state index contributed by atoms with van der Waals surface area (Å²) in [4.78, 5) is 46.7. The quantitative estimate of drug-likeness (QED) is 0.500. The van der Waals surface area contributed by atoms with E-state index >= 15 is 0 Å². The number of H-pyrrole nitrogens is 1. The monoisotopic (exact) mass is 569 g/mol. The first kappa shape index (κ1) is 27.1. The van der Waals surface area contributed by atoms with Crippen LogP contribution in [-0.2, 0) is 9.59 Å². The Hall–Kier alpha value is -4.13. The van der Waals surface area contributed by atoms with Gasteiger partial charge in [0.15, 0.2) is 0 Å². The Balaban J connectivity index is 1.19. The highest BCUT2D eigenvalue weighted by Gasteiger charge is 2.54. The number of alkyl halides is 3. The van der Waals surface area contributed by atoms with Gasteiger partial charge in [-0.15, -0.1) is 0 Å². The van der Waals surface area contributed by atoms with E-state index in [4.69, 9.17) is 0 Å². The fourth-order valence-electron chi connectivity index (χ4n) is 6.12. The molecular weight excluding hydrogens is 539 g/mol. The van der Waals surface area contributed by atoms with Crippen LogP contribution in [0, 0.1) is 0 Å². The molecule has 3 aliphatic heterocycles. The molecule has 3 aromatic rings. The van der Waals surface area contributed by atoms with Gasteiger partial charge in [0.2, 0.25) is 5.91 Å². The third kappa shape index (κ3) is 4.98. The van der Waals surface area contributed by atoms with Gasteiger partial charge < -0.3 is 24.9 Å². The topological polar surface area (TPSA) is 105 Å². The fraction of sp³-hybridized carbons (Fsp3) is 0.429. The van der Waals surface area contributed by atoms with Crippen LogP contribution in [0.4, 0.5) is 18.9 Å². The Morgan fingerprint density at radius 3 is 2.51 bits per heavy atom. The van der Waals surface area contributed by atoms with Crippen molar-refractivity contribution in [3.63, 3.8) is 0 Å². The van der Waals surface area contributed by atoms with E-state index in [9.17, 15) is 27.6 Å². The maximum Gasteiger partial charge on any atom is 0.405 e. The highest BCUT2D eigenvalue weighted by Crippen LogP contribution is 2.40. The average Bonchev–Trinajstić information content (AvgIpc) is 3.56. The number of rotatable bonds is 4. The van der Waals surface area contributed by atoms with Crippen LogP contribution < -0.4 is 10.2 Å². The molecule has 4 heterocycles. The smallest absolute Gasteiger partial charge is 0.339 e. The van der Waals surface area contributed by atoms with Gasteiger partial charge in [0, 0.05) is 49.4 Å². The molecule has 0 aliphatic carbocycles. The summed E-state index contributed by atoms with van der Waals surface area (Å²) in [5.41, 5.74) is 1.21. The number of para-hydroxylation sites is 1. The number of anilines is 1. The van der Waals surface area contributed by atoms with Crippen LogP contribution in [0.5, 0.6) is 0 Å². The number of piperazine rings is 1. The van der Waals surface area contributed by atoms with E-state index in [0.717, 1.165) is 16.6 Å². The van der Waals surface area contributed by atoms with E-state index in [1.165, 1.54) is 9.80 Å². The molecule has 1 unspecified atom stereocenters. The van der Waals surface area contributed by atoms with Crippen LogP contribution in [0.3, 0.4) is 0 Å². The number of carbonyl (C=O) groups excluding carboxylic acids is 3. The third-order valence-electron chi connectivity index (χ3n) is 8.40. The number of carbonyl (C=O) groups is 3. The average molecular weight is 570 g/mol. The van der Waals surface area contributed by atoms with Crippen molar-refractivity contribution in [3.8, 4) is 0 Å². The first-order chi connectivity index (χ1) is 19.7. The Labute approximate surface area is 234 Å². The fourth-order valence-corrected chi connectivity index (χ4v) is 6.12. The minimum atomic E-state index is -4.47. The van der Waals surface area contributed by atoms with Crippen molar-refractivity contribution in [2.45, 2.75) is 30.6 Å². The number of nitrogens with zero attached hydrogens (tertiary/aromatic N) is 5. The van der Waals surface area contributed by atoms with Gasteiger partial charge in [-0.2, -0.15) is 18.3 Å². The van der Waals surface area contributed by atoms with Gasteiger partial charge >= 0.3 is 6.18 Å². The molecule has 10 nitrogen and oxygen atoms in total. The van der Waals surface area contributed by atoms with Crippen molar-refractivity contribution >= 4 is 34.3 Å². The summed E-state index contributed by atoms with van der Waals surface area (Å²) in [5.74, 6) is -0.893. The maximum atomic E-state index is 14.0. The van der Waals surface area contributed by atoms with Crippen LogP contribution in [0.25, 0.3) is 10.9 Å². The van der Waals surface area contributed by atoms with Crippen molar-refractivity contribution in [2.75, 3.05) is 50.8 Å². The number of hydrogen-bond donors (Lipinski definition) is 2. The van der Waals surface area contributed by atoms with E-state index < -0.39 is 30.2 Å². The number of hydrogen-bond acceptors (Lipinski definition) is 6. The van der Waals surface area contributed by atoms with Crippen molar-refractivity contribution in [3.05, 3.63) is 60.3 Å². The lowest BCUT2D eigenvalue weighted by molar-refractivity contribution is -0.168. The zero-order chi connectivity index (χ0) is 28.8. The molecule has 6 rings (SSSR count). The van der Waals surface area contributed by atoms with Crippen LogP contribution in [-0.4, -0.2) is 106 Å². The summed E-state index contributed by atoms with van der Waals surface area (Å²) in [6, 6.07) is 12.9. The summed E-state index contributed by atoms with van der Waals surface area (Å²) < 4.78 is 39.8. The van der Waals surface area contributed by atoms with Gasteiger partial charge in [0.25, 0.3) is 11.8 Å². The van der Waals surface area contributed by atoms with Crippen molar-refractivity contribution < 1.29 is 27.6 Å². The lowest BCUT2D eigenvalue weighted by atomic mass is 9.85. The van der Waals surface area contributed by atoms with E-state index in [0.29, 0.717) is 31.5 Å². The van der Waals surface area contributed by atoms with Crippen molar-refractivity contribution in [1.82, 2.24) is 30.2 Å². The predicted molar refractivity (Wildman–Crippen MR) is 144 cm³/mol. The maximum absolute atomic E-state index is 14.0. The molecule has 1 spiro atoms. The normalized spacial score (nSPS) is 21.2. The second-order valence-corrected chi connectivity index (χ2v) is 10.8. The van der Waals surface area contributed by atoms with Gasteiger partial charge in [-0.1, -0.05) is 18.2 Å². The SMILES string of the molecule is O=C(CN1CN(c2ccccc2)C2(CCN(C(=O)c3ccc4[nH]ncc4c3)CC2)C1=O)N1CCNC(C(F)(F)F)C1. The summed E-state index contributed by atoms with van der Waals surface area (Å²) in [5, 5.41) is 10.1. The largest absolute Gasteiger partial charge is 0.405 e. The molecule has 0 radical (unpaired) electrons. The van der Waals surface area contributed by atoms with Gasteiger partial charge in [-0.05, 0) is 43.2 Å². The summed E-state index contributed by atoms with van der Waals surface area (Å²) in [6.45, 7) is 0.189. The lowest BCUT2D eigenvalue weighted by Crippen LogP contribution is -2.59. The molecule has 13 heteroatoms. The Bertz CT molecular complexity index is 1450. The van der Waals surface area contributed by atoms with Gasteiger partial charge in [-0.25, -0.2) is 0 Å². The van der Waals surface area contributed by atoms with E-state index in [1.54, 1.807) is 23.2 Å². The molecule has 3 fully saturated rings. The highest BCUT2D eigenvalue weighted by molar-refractivity contribution is 5.99. The summed E-state index contributed by atoms with van der Waals surface area (Å²) in [6.07, 6.45) is -2.10. The van der Waals surface area contributed by atoms with Crippen LogP contribution in [0.1, 0.15) is 23.2 Å². The second kappa shape index (κ2) is 10.4. The number of fused-ring (bicyclic) bond motifs is 1. The van der Waals surface area contributed by atoms with Crippen molar-refractivity contribution in [2.24, 2.45) is 0 Å². The second-order valence-electron chi connectivity index (χ2n) is 10.8. The number of piperidine rings is 1. The highest BCUT2D eigenvalue weighted by atomic mass is 19.4. The number of halogens is 3. The Morgan fingerprint density at radius 1 is 1.02 bits per heavy atom. The number of nitrogens with one attached hydrogen (secondary N) is 2. The van der Waals surface area contributed by atoms with Crippen LogP contribution >= 0.6 is 0 Å². The third-order valence-corrected chi connectivity index (χ3v) is 8.40. The van der Waals surface area contributed by atoms with Crippen LogP contribution in [0.2, 0.25) is 0 Å². The molecule has 216 valence electrons. The first-order valence-corrected chi connectivity index (χ1v) is 13.6. The number of aromatic amines is 1. The zero-order valence-corrected chi connectivity index (χ0v) is 22.2. The molecule has 3 aliphatic rings. The molecule has 3 amide bonds. The number of aromatic nitrogens is 2. The first-order valence-electron chi connectivity index (χ1n) is 13.6. The minimum absolute atomic E-state index is 0.0291. The summed E-state index contributed by atoms with van der Waals surface area (Å²) in [7, 11) is 0. The molecule has 3 saturated heterocycles. The molecule has 2 aromatic carbocycles. The van der Waals surface area contributed by atoms with E-state index in [2.05, 4.69) is 15.5 Å². The standard InChI is InChI=1S/C28H30F3N7O3/c29-28(30,31)23-16-36(13-10-32-23)24(39)17-37-18-38(21-4-2-1-3-5-21)27(26(37)41)8-11-35(12-9-27)25(40)19-6-7-22-20(14-19)15-33-34-22/h1-7,14-15,23,32H,8-13,16-18H2,(H,33,34). The van der Waals surface area contributed by atoms with Crippen LogP contribution in [0.15, 0.2) is 54.7 Å². The molecule has 0 saturated carbocycles. The molecule has 1 atom stereocenters. The zero-order valence-electron chi connectivity index (χ0n) is 22.2.